The molecule has 0 amide bonds. The van der Waals surface area contributed by atoms with Gasteiger partial charge in [-0.3, -0.25) is 4.79 Å². The summed E-state index contributed by atoms with van der Waals surface area (Å²) in [5.74, 6) is 3.09. The van der Waals surface area contributed by atoms with Crippen molar-refractivity contribution in [2.24, 2.45) is 35.5 Å². The van der Waals surface area contributed by atoms with Crippen molar-refractivity contribution in [2.75, 3.05) is 13.2 Å². The Morgan fingerprint density at radius 1 is 1.00 bits per heavy atom. The van der Waals surface area contributed by atoms with E-state index in [1.807, 2.05) is 0 Å². The Morgan fingerprint density at radius 2 is 1.67 bits per heavy atom. The standard InChI is InChI=1S/C13H12Br2O3/c14-11-5(16)3-4-6-8(11)10-9(11)7(4)13(12(6,10)15)17-1-2-18-13/h4,6-10H,1-3H2/t4-,6-,7-,8+,9+,10+,11-,12+/m1/s1. The predicted molar refractivity (Wildman–Crippen MR) is 68.5 cm³/mol. The van der Waals surface area contributed by atoms with Crippen LogP contribution in [0.1, 0.15) is 6.42 Å². The van der Waals surface area contributed by atoms with Gasteiger partial charge >= 0.3 is 0 Å². The van der Waals surface area contributed by atoms with E-state index in [1.54, 1.807) is 0 Å². The Bertz CT molecular complexity index is 530. The molecule has 4 bridgehead atoms. The molecular formula is C13H12Br2O3. The van der Waals surface area contributed by atoms with Gasteiger partial charge in [0, 0.05) is 12.3 Å². The molecule has 6 aliphatic carbocycles. The number of hydrogen-bond donors (Lipinski definition) is 0. The smallest absolute Gasteiger partial charge is 0.187 e. The maximum Gasteiger partial charge on any atom is 0.187 e. The lowest BCUT2D eigenvalue weighted by molar-refractivity contribution is -0.225. The zero-order valence-corrected chi connectivity index (χ0v) is 12.7. The van der Waals surface area contributed by atoms with E-state index in [0.29, 0.717) is 54.5 Å². The fourth-order valence-corrected chi connectivity index (χ4v) is 9.84. The third-order valence-corrected chi connectivity index (χ3v) is 10.1. The Kier molecular flexibility index (Phi) is 1.39. The molecule has 7 rings (SSSR count). The topological polar surface area (TPSA) is 35.5 Å². The van der Waals surface area contributed by atoms with Crippen LogP contribution in [0.2, 0.25) is 0 Å². The van der Waals surface area contributed by atoms with Crippen molar-refractivity contribution >= 4 is 37.6 Å². The first-order chi connectivity index (χ1) is 8.58. The number of rotatable bonds is 0. The van der Waals surface area contributed by atoms with Gasteiger partial charge in [0.05, 0.1) is 21.9 Å². The molecule has 5 heteroatoms. The minimum Gasteiger partial charge on any atom is -0.346 e. The molecule has 0 aromatic rings. The van der Waals surface area contributed by atoms with Gasteiger partial charge in [-0.25, -0.2) is 0 Å². The van der Waals surface area contributed by atoms with Crippen molar-refractivity contribution < 1.29 is 14.3 Å². The van der Waals surface area contributed by atoms with Gasteiger partial charge in [0.25, 0.3) is 0 Å². The molecule has 18 heavy (non-hydrogen) atoms. The highest BCUT2D eigenvalue weighted by molar-refractivity contribution is 9.10. The lowest BCUT2D eigenvalue weighted by atomic mass is 9.30. The van der Waals surface area contributed by atoms with Gasteiger partial charge in [0.1, 0.15) is 5.78 Å². The van der Waals surface area contributed by atoms with Crippen LogP contribution in [-0.4, -0.2) is 33.4 Å². The Morgan fingerprint density at radius 3 is 2.39 bits per heavy atom. The Hall–Kier alpha value is 0.550. The molecule has 0 aromatic carbocycles. The molecule has 1 saturated heterocycles. The number of carbonyl (C=O) groups excluding carboxylic acids is 1. The molecule has 6 saturated carbocycles. The highest BCUT2D eigenvalue weighted by atomic mass is 79.9. The Labute approximate surface area is 121 Å². The zero-order chi connectivity index (χ0) is 12.1. The van der Waals surface area contributed by atoms with Crippen molar-refractivity contribution in [1.29, 1.82) is 0 Å². The number of halogens is 2. The lowest BCUT2D eigenvalue weighted by Gasteiger charge is -2.78. The van der Waals surface area contributed by atoms with Gasteiger partial charge in [-0.1, -0.05) is 31.9 Å². The summed E-state index contributed by atoms with van der Waals surface area (Å²) in [6, 6.07) is 0. The fourth-order valence-electron chi connectivity index (χ4n) is 6.85. The molecule has 0 N–H and O–H groups in total. The van der Waals surface area contributed by atoms with Gasteiger partial charge in [-0.05, 0) is 29.6 Å². The fraction of sp³-hybridized carbons (Fsp3) is 0.923. The SMILES string of the molecule is O=C1C[C@H]2[C@@H]3[C@H]4[C@@H]5[C@H]([C@@H]2[C@@]5(Br)C32OCCO2)[C@]14Br. The second-order valence-electron chi connectivity index (χ2n) is 6.82. The van der Waals surface area contributed by atoms with Crippen LogP contribution in [-0.2, 0) is 14.3 Å². The van der Waals surface area contributed by atoms with E-state index < -0.39 is 5.79 Å². The largest absolute Gasteiger partial charge is 0.346 e. The van der Waals surface area contributed by atoms with Crippen molar-refractivity contribution in [3.8, 4) is 0 Å². The molecule has 7 fully saturated rings. The maximum atomic E-state index is 12.3. The first-order valence-corrected chi connectivity index (χ1v) is 8.36. The first kappa shape index (κ1) is 10.3. The third kappa shape index (κ3) is 0.587. The minimum atomic E-state index is -0.412. The molecule has 0 unspecified atom stereocenters. The molecule has 1 aliphatic heterocycles. The summed E-state index contributed by atoms with van der Waals surface area (Å²) in [7, 11) is 0. The minimum absolute atomic E-state index is 0.0130. The quantitative estimate of drug-likeness (QED) is 0.605. The average molecular weight is 376 g/mol. The normalized spacial score (nSPS) is 71.8. The number of hydrogen-bond acceptors (Lipinski definition) is 3. The number of carbonyl (C=O) groups is 1. The van der Waals surface area contributed by atoms with Crippen LogP contribution in [0.15, 0.2) is 0 Å². The van der Waals surface area contributed by atoms with E-state index in [1.165, 1.54) is 0 Å². The van der Waals surface area contributed by atoms with Crippen LogP contribution in [0.3, 0.4) is 0 Å². The van der Waals surface area contributed by atoms with E-state index in [-0.39, 0.29) is 8.65 Å². The number of alkyl halides is 2. The van der Waals surface area contributed by atoms with E-state index in [9.17, 15) is 4.79 Å². The molecule has 3 nitrogen and oxygen atoms in total. The van der Waals surface area contributed by atoms with E-state index in [4.69, 9.17) is 9.47 Å². The van der Waals surface area contributed by atoms with Crippen molar-refractivity contribution in [3.63, 3.8) is 0 Å². The molecular weight excluding hydrogens is 364 g/mol. The third-order valence-electron chi connectivity index (χ3n) is 6.95. The molecule has 8 atom stereocenters. The monoisotopic (exact) mass is 374 g/mol. The van der Waals surface area contributed by atoms with Gasteiger partial charge < -0.3 is 9.47 Å². The van der Waals surface area contributed by atoms with Crippen molar-refractivity contribution in [3.05, 3.63) is 0 Å². The summed E-state index contributed by atoms with van der Waals surface area (Å²) in [6.45, 7) is 1.41. The first-order valence-electron chi connectivity index (χ1n) is 6.77. The van der Waals surface area contributed by atoms with Crippen LogP contribution >= 0.6 is 31.9 Å². The van der Waals surface area contributed by atoms with E-state index in [2.05, 4.69) is 31.9 Å². The van der Waals surface area contributed by atoms with Crippen molar-refractivity contribution in [1.82, 2.24) is 0 Å². The molecule has 0 aromatic heterocycles. The van der Waals surface area contributed by atoms with Gasteiger partial charge in [0.2, 0.25) is 0 Å². The lowest BCUT2D eigenvalue weighted by Crippen LogP contribution is -2.85. The van der Waals surface area contributed by atoms with Crippen LogP contribution < -0.4 is 0 Å². The number of ether oxygens (including phenoxy) is 2. The second-order valence-corrected chi connectivity index (χ2v) is 9.44. The van der Waals surface area contributed by atoms with Crippen LogP contribution in [0.25, 0.3) is 0 Å². The summed E-state index contributed by atoms with van der Waals surface area (Å²) in [6.07, 6.45) is 0.724. The summed E-state index contributed by atoms with van der Waals surface area (Å²) in [4.78, 5) is 12.3. The molecule has 7 aliphatic rings. The maximum absolute atomic E-state index is 12.3. The second kappa shape index (κ2) is 2.42. The summed E-state index contributed by atoms with van der Waals surface area (Å²) >= 11 is 7.84. The highest BCUT2D eigenvalue weighted by Crippen LogP contribution is 2.94. The van der Waals surface area contributed by atoms with Crippen LogP contribution in [0.4, 0.5) is 0 Å². The van der Waals surface area contributed by atoms with Gasteiger partial charge in [-0.15, -0.1) is 0 Å². The summed E-state index contributed by atoms with van der Waals surface area (Å²) in [5.41, 5.74) is 0. The molecule has 1 spiro atoms. The van der Waals surface area contributed by atoms with Crippen molar-refractivity contribution in [2.45, 2.75) is 20.9 Å². The van der Waals surface area contributed by atoms with Gasteiger partial charge in [0.15, 0.2) is 5.79 Å². The average Bonchev–Trinajstić information content (AvgIpc) is 2.90. The summed E-state index contributed by atoms with van der Waals surface area (Å²) < 4.78 is 12.0. The van der Waals surface area contributed by atoms with Gasteiger partial charge in [-0.2, -0.15) is 0 Å². The van der Waals surface area contributed by atoms with E-state index >= 15 is 0 Å². The number of fused-ring (bicyclic) bond motifs is 1. The van der Waals surface area contributed by atoms with Crippen LogP contribution in [0.5, 0.6) is 0 Å². The summed E-state index contributed by atoms with van der Waals surface area (Å²) in [5, 5.41) is 0. The van der Waals surface area contributed by atoms with Crippen LogP contribution in [0, 0.1) is 35.5 Å². The molecule has 0 radical (unpaired) electrons. The zero-order valence-electron chi connectivity index (χ0n) is 9.57. The molecule has 96 valence electrons. The predicted octanol–water partition coefficient (Wildman–Crippen LogP) is 1.72. The number of Topliss-reactive ketones (excluding diaryl/α,β-unsaturated/α-hetero) is 1. The molecule has 1 heterocycles. The Balaban J connectivity index is 1.64. The highest BCUT2D eigenvalue weighted by Gasteiger charge is 3.01. The number of ketones is 1. The van der Waals surface area contributed by atoms with E-state index in [0.717, 1.165) is 6.42 Å².